The van der Waals surface area contributed by atoms with Gasteiger partial charge in [-0.3, -0.25) is 9.59 Å². The van der Waals surface area contributed by atoms with Crippen LogP contribution in [0.1, 0.15) is 28.8 Å². The van der Waals surface area contributed by atoms with Gasteiger partial charge in [0, 0.05) is 47.6 Å². The van der Waals surface area contributed by atoms with Gasteiger partial charge in [0.25, 0.3) is 5.91 Å². The van der Waals surface area contributed by atoms with Crippen LogP contribution in [-0.4, -0.2) is 23.3 Å². The molecule has 0 bridgehead atoms. The van der Waals surface area contributed by atoms with E-state index in [1.807, 2.05) is 65.6 Å². The Morgan fingerprint density at radius 3 is 2.69 bits per heavy atom. The lowest BCUT2D eigenvalue weighted by Crippen LogP contribution is -2.24. The molecule has 2 heterocycles. The van der Waals surface area contributed by atoms with E-state index in [0.29, 0.717) is 24.2 Å². The zero-order valence-electron chi connectivity index (χ0n) is 15.9. The molecule has 1 saturated heterocycles. The van der Waals surface area contributed by atoms with Crippen molar-refractivity contribution in [2.45, 2.75) is 19.4 Å². The summed E-state index contributed by atoms with van der Waals surface area (Å²) >= 11 is 0. The topological polar surface area (TPSA) is 62.6 Å². The standard InChI is InChI=1S/C24H20N2O3/c27-23-9-4-12-26(23)15-16-5-3-6-17(13-16)24(28)25-18-10-11-20-19-7-1-2-8-21(19)29-22(20)14-18/h1-3,5-8,10-11,13-14H,4,9,12,15H2,(H,25,28). The fraction of sp³-hybridized carbons (Fsp3) is 0.167. The molecule has 0 atom stereocenters. The number of fused-ring (bicyclic) bond motifs is 3. The second-order valence-electron chi connectivity index (χ2n) is 7.38. The minimum atomic E-state index is -0.185. The van der Waals surface area contributed by atoms with Gasteiger partial charge in [0.05, 0.1) is 0 Å². The highest BCUT2D eigenvalue weighted by molar-refractivity contribution is 6.08. The summed E-state index contributed by atoms with van der Waals surface area (Å²) in [5, 5.41) is 5.03. The molecule has 1 N–H and O–H groups in total. The molecule has 0 saturated carbocycles. The van der Waals surface area contributed by atoms with Crippen molar-refractivity contribution in [2.75, 3.05) is 11.9 Å². The van der Waals surface area contributed by atoms with Gasteiger partial charge in [-0.1, -0.05) is 30.3 Å². The van der Waals surface area contributed by atoms with Crippen molar-refractivity contribution >= 4 is 39.4 Å². The lowest BCUT2D eigenvalue weighted by atomic mass is 10.1. The average molecular weight is 384 g/mol. The van der Waals surface area contributed by atoms with Gasteiger partial charge in [0.15, 0.2) is 0 Å². The third-order valence-corrected chi connectivity index (χ3v) is 5.37. The molecule has 3 aromatic carbocycles. The van der Waals surface area contributed by atoms with E-state index in [1.165, 1.54) is 0 Å². The van der Waals surface area contributed by atoms with Crippen LogP contribution in [0.25, 0.3) is 21.9 Å². The minimum absolute atomic E-state index is 0.180. The molecule has 5 heteroatoms. The Morgan fingerprint density at radius 1 is 0.966 bits per heavy atom. The number of amides is 2. The number of anilines is 1. The van der Waals surface area contributed by atoms with Crippen molar-refractivity contribution < 1.29 is 14.0 Å². The second-order valence-corrected chi connectivity index (χ2v) is 7.38. The first-order chi connectivity index (χ1) is 14.2. The first kappa shape index (κ1) is 17.5. The maximum Gasteiger partial charge on any atom is 0.255 e. The molecule has 1 aromatic heterocycles. The number of furan rings is 1. The minimum Gasteiger partial charge on any atom is -0.456 e. The molecule has 5 nitrogen and oxygen atoms in total. The van der Waals surface area contributed by atoms with Crippen LogP contribution in [0.15, 0.2) is 71.1 Å². The number of carbonyl (C=O) groups excluding carboxylic acids is 2. The summed E-state index contributed by atoms with van der Waals surface area (Å²) in [5.74, 6) is -0.00551. The van der Waals surface area contributed by atoms with Crippen LogP contribution in [0.3, 0.4) is 0 Å². The Hall–Kier alpha value is -3.60. The summed E-state index contributed by atoms with van der Waals surface area (Å²) in [6.45, 7) is 1.33. The van der Waals surface area contributed by atoms with E-state index in [-0.39, 0.29) is 11.8 Å². The monoisotopic (exact) mass is 384 g/mol. The number of rotatable bonds is 4. The van der Waals surface area contributed by atoms with E-state index in [1.54, 1.807) is 6.07 Å². The lowest BCUT2D eigenvalue weighted by molar-refractivity contribution is -0.128. The van der Waals surface area contributed by atoms with Crippen molar-refractivity contribution in [3.63, 3.8) is 0 Å². The van der Waals surface area contributed by atoms with E-state index in [4.69, 9.17) is 4.42 Å². The molecule has 0 aliphatic carbocycles. The highest BCUT2D eigenvalue weighted by atomic mass is 16.3. The number of carbonyl (C=O) groups is 2. The fourth-order valence-corrected chi connectivity index (χ4v) is 3.91. The zero-order chi connectivity index (χ0) is 19.8. The van der Waals surface area contributed by atoms with Crippen molar-refractivity contribution in [3.8, 4) is 0 Å². The third-order valence-electron chi connectivity index (χ3n) is 5.37. The van der Waals surface area contributed by atoms with E-state index in [0.717, 1.165) is 40.5 Å². The van der Waals surface area contributed by atoms with Crippen molar-refractivity contribution in [2.24, 2.45) is 0 Å². The highest BCUT2D eigenvalue weighted by Gasteiger charge is 2.20. The van der Waals surface area contributed by atoms with Crippen LogP contribution in [0, 0.1) is 0 Å². The maximum atomic E-state index is 12.8. The summed E-state index contributed by atoms with van der Waals surface area (Å²) in [6.07, 6.45) is 1.52. The smallest absolute Gasteiger partial charge is 0.255 e. The third kappa shape index (κ3) is 3.36. The molecule has 0 unspecified atom stereocenters. The first-order valence-corrected chi connectivity index (χ1v) is 9.77. The molecule has 0 spiro atoms. The number of hydrogen-bond acceptors (Lipinski definition) is 3. The SMILES string of the molecule is O=C(Nc1ccc2c(c1)oc1ccccc12)c1cccc(CN2CCCC2=O)c1. The Bertz CT molecular complexity index is 1240. The fourth-order valence-electron chi connectivity index (χ4n) is 3.91. The summed E-state index contributed by atoms with van der Waals surface area (Å²) in [6, 6.07) is 21.0. The molecule has 0 radical (unpaired) electrons. The zero-order valence-corrected chi connectivity index (χ0v) is 15.9. The molecule has 144 valence electrons. The van der Waals surface area contributed by atoms with E-state index >= 15 is 0 Å². The molecule has 1 aliphatic heterocycles. The molecule has 1 fully saturated rings. The Kier molecular flexibility index (Phi) is 4.28. The van der Waals surface area contributed by atoms with Crippen molar-refractivity contribution in [3.05, 3.63) is 77.9 Å². The Morgan fingerprint density at radius 2 is 1.83 bits per heavy atom. The van der Waals surface area contributed by atoms with Gasteiger partial charge in [-0.05, 0) is 42.3 Å². The van der Waals surface area contributed by atoms with Crippen LogP contribution in [0.5, 0.6) is 0 Å². The molecule has 5 rings (SSSR count). The number of nitrogens with zero attached hydrogens (tertiary/aromatic N) is 1. The summed E-state index contributed by atoms with van der Waals surface area (Å²) in [5.41, 5.74) is 3.78. The molecule has 4 aromatic rings. The summed E-state index contributed by atoms with van der Waals surface area (Å²) in [4.78, 5) is 26.4. The van der Waals surface area contributed by atoms with Gasteiger partial charge in [-0.25, -0.2) is 0 Å². The van der Waals surface area contributed by atoms with Crippen LogP contribution in [0.4, 0.5) is 5.69 Å². The maximum absolute atomic E-state index is 12.8. The number of hydrogen-bond donors (Lipinski definition) is 1. The number of likely N-dealkylation sites (tertiary alicyclic amines) is 1. The van der Waals surface area contributed by atoms with Crippen LogP contribution < -0.4 is 5.32 Å². The predicted molar refractivity (Wildman–Crippen MR) is 113 cm³/mol. The quantitative estimate of drug-likeness (QED) is 0.541. The predicted octanol–water partition coefficient (Wildman–Crippen LogP) is 4.96. The number of para-hydroxylation sites is 1. The van der Waals surface area contributed by atoms with Crippen LogP contribution >= 0.6 is 0 Å². The van der Waals surface area contributed by atoms with Gasteiger partial charge >= 0.3 is 0 Å². The molecular formula is C24H20N2O3. The van der Waals surface area contributed by atoms with Crippen molar-refractivity contribution in [1.29, 1.82) is 0 Å². The molecule has 29 heavy (non-hydrogen) atoms. The Labute approximate surface area is 167 Å². The van der Waals surface area contributed by atoms with Crippen molar-refractivity contribution in [1.82, 2.24) is 4.90 Å². The van der Waals surface area contributed by atoms with E-state index in [2.05, 4.69) is 5.32 Å². The van der Waals surface area contributed by atoms with Crippen LogP contribution in [0.2, 0.25) is 0 Å². The normalized spacial score (nSPS) is 14.1. The number of nitrogens with one attached hydrogen (secondary N) is 1. The van der Waals surface area contributed by atoms with Gasteiger partial charge in [0.1, 0.15) is 11.2 Å². The van der Waals surface area contributed by atoms with Gasteiger partial charge in [-0.2, -0.15) is 0 Å². The van der Waals surface area contributed by atoms with Crippen LogP contribution in [-0.2, 0) is 11.3 Å². The average Bonchev–Trinajstić information content (AvgIpc) is 3.31. The highest BCUT2D eigenvalue weighted by Crippen LogP contribution is 2.30. The summed E-state index contributed by atoms with van der Waals surface area (Å²) < 4.78 is 5.90. The summed E-state index contributed by atoms with van der Waals surface area (Å²) in [7, 11) is 0. The molecular weight excluding hydrogens is 364 g/mol. The second kappa shape index (κ2) is 7.09. The van der Waals surface area contributed by atoms with Gasteiger partial charge in [0.2, 0.25) is 5.91 Å². The Balaban J connectivity index is 1.36. The van der Waals surface area contributed by atoms with Gasteiger partial charge < -0.3 is 14.6 Å². The largest absolute Gasteiger partial charge is 0.456 e. The molecule has 1 aliphatic rings. The van der Waals surface area contributed by atoms with E-state index < -0.39 is 0 Å². The lowest BCUT2D eigenvalue weighted by Gasteiger charge is -2.16. The van der Waals surface area contributed by atoms with E-state index in [9.17, 15) is 9.59 Å². The number of benzene rings is 3. The van der Waals surface area contributed by atoms with Gasteiger partial charge in [-0.15, -0.1) is 0 Å². The molecule has 2 amide bonds. The first-order valence-electron chi connectivity index (χ1n) is 9.77.